The number of nitrogens with zero attached hydrogens (tertiary/aromatic N) is 1. The summed E-state index contributed by atoms with van der Waals surface area (Å²) >= 11 is 1.30. The highest BCUT2D eigenvalue weighted by molar-refractivity contribution is 7.16. The van der Waals surface area contributed by atoms with Crippen LogP contribution in [0.4, 0.5) is 5.00 Å². The molecule has 18 heavy (non-hydrogen) atoms. The van der Waals surface area contributed by atoms with Crippen LogP contribution in [0.25, 0.3) is 0 Å². The Labute approximate surface area is 109 Å². The van der Waals surface area contributed by atoms with Crippen molar-refractivity contribution in [3.8, 4) is 6.07 Å². The van der Waals surface area contributed by atoms with E-state index in [2.05, 4.69) is 5.32 Å². The van der Waals surface area contributed by atoms with Gasteiger partial charge in [0.2, 0.25) is 11.8 Å². The molecule has 0 saturated carbocycles. The Morgan fingerprint density at radius 2 is 2.11 bits per heavy atom. The number of primary amides is 1. The Hall–Kier alpha value is -1.91. The number of nitrogens with one attached hydrogen (secondary N) is 1. The van der Waals surface area contributed by atoms with E-state index in [-0.39, 0.29) is 6.42 Å². The van der Waals surface area contributed by atoms with Gasteiger partial charge in [0.15, 0.2) is 0 Å². The fourth-order valence-corrected chi connectivity index (χ4v) is 2.38. The third-order valence-corrected chi connectivity index (χ3v) is 3.61. The van der Waals surface area contributed by atoms with Gasteiger partial charge in [-0.15, -0.1) is 11.3 Å². The molecule has 96 valence electrons. The van der Waals surface area contributed by atoms with Gasteiger partial charge in [-0.2, -0.15) is 5.26 Å². The van der Waals surface area contributed by atoms with Gasteiger partial charge in [-0.1, -0.05) is 0 Å². The Bertz CT molecular complexity index is 530. The summed E-state index contributed by atoms with van der Waals surface area (Å²) in [5, 5.41) is 12.0. The highest BCUT2D eigenvalue weighted by atomic mass is 32.1. The number of anilines is 1. The van der Waals surface area contributed by atoms with Crippen molar-refractivity contribution in [2.75, 3.05) is 5.32 Å². The zero-order chi connectivity index (χ0) is 13.9. The SMILES string of the molecule is Cc1sc(NC(=O)C(N)CC(N)=O)c(C#N)c1C. The fourth-order valence-electron chi connectivity index (χ4n) is 1.36. The van der Waals surface area contributed by atoms with Crippen molar-refractivity contribution in [1.82, 2.24) is 0 Å². The molecule has 0 aliphatic carbocycles. The van der Waals surface area contributed by atoms with Crippen LogP contribution in [0.1, 0.15) is 22.4 Å². The van der Waals surface area contributed by atoms with Gasteiger partial charge in [-0.25, -0.2) is 0 Å². The van der Waals surface area contributed by atoms with Gasteiger partial charge in [0.1, 0.15) is 11.1 Å². The number of nitrogens with two attached hydrogens (primary N) is 2. The second kappa shape index (κ2) is 5.62. The van der Waals surface area contributed by atoms with Crippen molar-refractivity contribution < 1.29 is 9.59 Å². The van der Waals surface area contributed by atoms with E-state index in [1.54, 1.807) is 0 Å². The standard InChI is InChI=1S/C11H14N4O2S/c1-5-6(2)18-11(7(5)4-12)15-10(17)8(13)3-9(14)16/h8H,3,13H2,1-2H3,(H2,14,16)(H,15,17). The summed E-state index contributed by atoms with van der Waals surface area (Å²) in [4.78, 5) is 23.3. The van der Waals surface area contributed by atoms with Crippen LogP contribution in [0, 0.1) is 25.2 Å². The van der Waals surface area contributed by atoms with Gasteiger partial charge in [-0.05, 0) is 19.4 Å². The maximum absolute atomic E-state index is 11.7. The van der Waals surface area contributed by atoms with E-state index in [0.29, 0.717) is 10.6 Å². The van der Waals surface area contributed by atoms with E-state index in [4.69, 9.17) is 16.7 Å². The number of amides is 2. The van der Waals surface area contributed by atoms with Gasteiger partial charge >= 0.3 is 0 Å². The summed E-state index contributed by atoms with van der Waals surface area (Å²) < 4.78 is 0. The topological polar surface area (TPSA) is 122 Å². The van der Waals surface area contributed by atoms with Crippen molar-refractivity contribution >= 4 is 28.2 Å². The van der Waals surface area contributed by atoms with E-state index in [9.17, 15) is 9.59 Å². The average molecular weight is 266 g/mol. The molecule has 1 atom stereocenters. The molecule has 0 bridgehead atoms. The lowest BCUT2D eigenvalue weighted by Gasteiger charge is -2.09. The van der Waals surface area contributed by atoms with Crippen LogP contribution in [-0.2, 0) is 9.59 Å². The maximum Gasteiger partial charge on any atom is 0.242 e. The van der Waals surface area contributed by atoms with E-state index in [1.165, 1.54) is 11.3 Å². The van der Waals surface area contributed by atoms with Gasteiger partial charge in [-0.3, -0.25) is 9.59 Å². The molecule has 0 spiro atoms. The molecule has 6 nitrogen and oxygen atoms in total. The number of thiophene rings is 1. The normalized spacial score (nSPS) is 11.7. The van der Waals surface area contributed by atoms with E-state index in [0.717, 1.165) is 10.4 Å². The molecule has 0 aliphatic rings. The summed E-state index contributed by atoms with van der Waals surface area (Å²) in [5.74, 6) is -1.16. The predicted octanol–water partition coefficient (Wildman–Crippen LogP) is 0.378. The first-order valence-corrected chi connectivity index (χ1v) is 6.03. The second-order valence-electron chi connectivity index (χ2n) is 3.87. The molecule has 1 unspecified atom stereocenters. The average Bonchev–Trinajstić information content (AvgIpc) is 2.53. The summed E-state index contributed by atoms with van der Waals surface area (Å²) in [6.45, 7) is 3.67. The van der Waals surface area contributed by atoms with E-state index < -0.39 is 17.9 Å². The van der Waals surface area contributed by atoms with Crippen LogP contribution in [0.3, 0.4) is 0 Å². The molecule has 0 fully saturated rings. The number of hydrogen-bond donors (Lipinski definition) is 3. The largest absolute Gasteiger partial charge is 0.370 e. The smallest absolute Gasteiger partial charge is 0.242 e. The monoisotopic (exact) mass is 266 g/mol. The highest BCUT2D eigenvalue weighted by Crippen LogP contribution is 2.31. The molecule has 5 N–H and O–H groups in total. The molecule has 1 aromatic rings. The molecule has 1 rings (SSSR count). The Kier molecular flexibility index (Phi) is 4.42. The molecule has 2 amide bonds. The van der Waals surface area contributed by atoms with Gasteiger partial charge in [0.05, 0.1) is 18.0 Å². The van der Waals surface area contributed by atoms with Gasteiger partial charge in [0.25, 0.3) is 0 Å². The second-order valence-corrected chi connectivity index (χ2v) is 5.09. The lowest BCUT2D eigenvalue weighted by molar-refractivity contribution is -0.123. The number of aryl methyl sites for hydroxylation is 1. The number of nitriles is 1. The molecule has 0 aliphatic heterocycles. The highest BCUT2D eigenvalue weighted by Gasteiger charge is 2.19. The molecular weight excluding hydrogens is 252 g/mol. The van der Waals surface area contributed by atoms with Crippen LogP contribution in [0.5, 0.6) is 0 Å². The fraction of sp³-hybridized carbons (Fsp3) is 0.364. The molecule has 0 saturated heterocycles. The van der Waals surface area contributed by atoms with Crippen molar-refractivity contribution in [2.45, 2.75) is 26.3 Å². The molecular formula is C11H14N4O2S. The minimum Gasteiger partial charge on any atom is -0.370 e. The summed E-state index contributed by atoms with van der Waals surface area (Å²) in [6.07, 6.45) is -0.225. The van der Waals surface area contributed by atoms with Gasteiger partial charge in [0, 0.05) is 4.88 Å². The Morgan fingerprint density at radius 3 is 2.61 bits per heavy atom. The zero-order valence-electron chi connectivity index (χ0n) is 10.1. The van der Waals surface area contributed by atoms with Crippen molar-refractivity contribution in [2.24, 2.45) is 11.5 Å². The number of hydrogen-bond acceptors (Lipinski definition) is 5. The summed E-state index contributed by atoms with van der Waals surface area (Å²) in [6, 6.07) is 1.03. The first-order chi connectivity index (χ1) is 8.36. The third-order valence-electron chi connectivity index (χ3n) is 2.49. The summed E-state index contributed by atoms with van der Waals surface area (Å²) in [5.41, 5.74) is 11.7. The zero-order valence-corrected chi connectivity index (χ0v) is 10.9. The summed E-state index contributed by atoms with van der Waals surface area (Å²) in [7, 11) is 0. The quantitative estimate of drug-likeness (QED) is 0.729. The van der Waals surface area contributed by atoms with Crippen molar-refractivity contribution in [3.63, 3.8) is 0 Å². The lowest BCUT2D eigenvalue weighted by atomic mass is 10.1. The Morgan fingerprint density at radius 1 is 1.50 bits per heavy atom. The first-order valence-electron chi connectivity index (χ1n) is 5.21. The minimum absolute atomic E-state index is 0.225. The predicted molar refractivity (Wildman–Crippen MR) is 68.9 cm³/mol. The number of carbonyl (C=O) groups excluding carboxylic acids is 2. The molecule has 0 radical (unpaired) electrons. The van der Waals surface area contributed by atoms with Crippen LogP contribution in [0.2, 0.25) is 0 Å². The molecule has 7 heteroatoms. The van der Waals surface area contributed by atoms with Crippen LogP contribution in [-0.4, -0.2) is 17.9 Å². The van der Waals surface area contributed by atoms with Crippen LogP contribution in [0.15, 0.2) is 0 Å². The molecule has 1 heterocycles. The third kappa shape index (κ3) is 3.06. The van der Waals surface area contributed by atoms with Crippen molar-refractivity contribution in [1.29, 1.82) is 5.26 Å². The Balaban J connectivity index is 2.86. The molecule has 0 aromatic carbocycles. The van der Waals surface area contributed by atoms with E-state index in [1.807, 2.05) is 19.9 Å². The van der Waals surface area contributed by atoms with Crippen molar-refractivity contribution in [3.05, 3.63) is 16.0 Å². The number of carbonyl (C=O) groups is 2. The van der Waals surface area contributed by atoms with Crippen LogP contribution >= 0.6 is 11.3 Å². The first kappa shape index (κ1) is 14.2. The lowest BCUT2D eigenvalue weighted by Crippen LogP contribution is -2.38. The maximum atomic E-state index is 11.7. The molecule has 1 aromatic heterocycles. The number of rotatable bonds is 4. The van der Waals surface area contributed by atoms with Gasteiger partial charge < -0.3 is 16.8 Å². The van der Waals surface area contributed by atoms with E-state index >= 15 is 0 Å². The van der Waals surface area contributed by atoms with Crippen LogP contribution < -0.4 is 16.8 Å². The minimum atomic E-state index is -1.00.